The Labute approximate surface area is 82.2 Å². The van der Waals surface area contributed by atoms with Crippen molar-refractivity contribution in [3.8, 4) is 5.75 Å². The minimum Gasteiger partial charge on any atom is -0.504 e. The van der Waals surface area contributed by atoms with Gasteiger partial charge in [-0.15, -0.1) is 0 Å². The van der Waals surface area contributed by atoms with E-state index in [9.17, 15) is 5.11 Å². The normalized spacial score (nSPS) is 12.2. The smallest absolute Gasteiger partial charge is 0.196 e. The number of aromatic hydroxyl groups is 1. The predicted octanol–water partition coefficient (Wildman–Crippen LogP) is 1.73. The Hall–Kier alpha value is -1.58. The number of aromatic nitrogens is 3. The zero-order chi connectivity index (χ0) is 10.3. The van der Waals surface area contributed by atoms with E-state index in [2.05, 4.69) is 30.9 Å². The SMILES string of the molecule is CC(C)(C)c1cc(O)c2nccn2n1. The molecule has 0 saturated heterocycles. The first-order valence-electron chi connectivity index (χ1n) is 4.52. The van der Waals surface area contributed by atoms with E-state index >= 15 is 0 Å². The fourth-order valence-electron chi connectivity index (χ4n) is 1.27. The van der Waals surface area contributed by atoms with Crippen LogP contribution in [0.3, 0.4) is 0 Å². The molecule has 0 amide bonds. The second-order valence-corrected chi connectivity index (χ2v) is 4.36. The Balaban J connectivity index is 2.70. The highest BCUT2D eigenvalue weighted by Gasteiger charge is 2.18. The van der Waals surface area contributed by atoms with Crippen LogP contribution in [0.1, 0.15) is 26.5 Å². The zero-order valence-electron chi connectivity index (χ0n) is 8.52. The van der Waals surface area contributed by atoms with Crippen LogP contribution in [0.25, 0.3) is 5.65 Å². The Morgan fingerprint density at radius 2 is 2.07 bits per heavy atom. The third kappa shape index (κ3) is 1.32. The van der Waals surface area contributed by atoms with Gasteiger partial charge < -0.3 is 5.11 Å². The first-order valence-corrected chi connectivity index (χ1v) is 4.52. The van der Waals surface area contributed by atoms with Crippen LogP contribution in [0.5, 0.6) is 5.75 Å². The van der Waals surface area contributed by atoms with Crippen LogP contribution in [0.2, 0.25) is 0 Å². The number of fused-ring (bicyclic) bond motifs is 1. The molecule has 1 N–H and O–H groups in total. The van der Waals surface area contributed by atoms with E-state index < -0.39 is 0 Å². The van der Waals surface area contributed by atoms with Gasteiger partial charge in [0.25, 0.3) is 0 Å². The summed E-state index contributed by atoms with van der Waals surface area (Å²) in [6.07, 6.45) is 3.35. The molecule has 74 valence electrons. The first-order chi connectivity index (χ1) is 6.48. The molecule has 14 heavy (non-hydrogen) atoms. The van der Waals surface area contributed by atoms with Gasteiger partial charge >= 0.3 is 0 Å². The molecular weight excluding hydrogens is 178 g/mol. The van der Waals surface area contributed by atoms with Crippen molar-refractivity contribution in [2.24, 2.45) is 0 Å². The summed E-state index contributed by atoms with van der Waals surface area (Å²) in [4.78, 5) is 3.99. The number of rotatable bonds is 0. The minimum atomic E-state index is -0.0735. The average molecular weight is 191 g/mol. The van der Waals surface area contributed by atoms with Crippen LogP contribution in [0.15, 0.2) is 18.5 Å². The van der Waals surface area contributed by atoms with Gasteiger partial charge in [-0.05, 0) is 0 Å². The van der Waals surface area contributed by atoms with Gasteiger partial charge in [0.1, 0.15) is 0 Å². The molecule has 2 aromatic heterocycles. The maximum atomic E-state index is 9.68. The van der Waals surface area contributed by atoms with Gasteiger partial charge in [0.2, 0.25) is 0 Å². The molecule has 2 heterocycles. The van der Waals surface area contributed by atoms with Gasteiger partial charge in [0.05, 0.1) is 5.69 Å². The van der Waals surface area contributed by atoms with Crippen molar-refractivity contribution >= 4 is 5.65 Å². The van der Waals surface area contributed by atoms with Crippen molar-refractivity contribution in [3.05, 3.63) is 24.2 Å². The summed E-state index contributed by atoms with van der Waals surface area (Å²) < 4.78 is 1.59. The van der Waals surface area contributed by atoms with E-state index in [0.717, 1.165) is 5.69 Å². The fraction of sp³-hybridized carbons (Fsp3) is 0.400. The van der Waals surface area contributed by atoms with Crippen molar-refractivity contribution in [2.75, 3.05) is 0 Å². The summed E-state index contributed by atoms with van der Waals surface area (Å²) >= 11 is 0. The number of hydrogen-bond acceptors (Lipinski definition) is 3. The molecule has 2 aromatic rings. The molecular formula is C10H13N3O. The van der Waals surface area contributed by atoms with E-state index in [1.165, 1.54) is 0 Å². The number of imidazole rings is 1. The summed E-state index contributed by atoms with van der Waals surface area (Å²) in [5, 5.41) is 14.0. The highest BCUT2D eigenvalue weighted by molar-refractivity contribution is 5.52. The van der Waals surface area contributed by atoms with Crippen LogP contribution in [0.4, 0.5) is 0 Å². The van der Waals surface area contributed by atoms with E-state index in [1.54, 1.807) is 23.0 Å². The van der Waals surface area contributed by atoms with Crippen molar-refractivity contribution in [1.82, 2.24) is 14.6 Å². The van der Waals surface area contributed by atoms with Crippen LogP contribution in [-0.2, 0) is 5.41 Å². The molecule has 0 bridgehead atoms. The van der Waals surface area contributed by atoms with Gasteiger partial charge in [-0.2, -0.15) is 5.10 Å². The largest absolute Gasteiger partial charge is 0.504 e. The highest BCUT2D eigenvalue weighted by atomic mass is 16.3. The second kappa shape index (κ2) is 2.70. The van der Waals surface area contributed by atoms with Crippen LogP contribution < -0.4 is 0 Å². The second-order valence-electron chi connectivity index (χ2n) is 4.36. The maximum Gasteiger partial charge on any atom is 0.196 e. The molecule has 2 rings (SSSR count). The van der Waals surface area contributed by atoms with Gasteiger partial charge in [0.15, 0.2) is 11.4 Å². The fourth-order valence-corrected chi connectivity index (χ4v) is 1.27. The Morgan fingerprint density at radius 1 is 1.36 bits per heavy atom. The van der Waals surface area contributed by atoms with E-state index in [4.69, 9.17) is 0 Å². The Bertz CT molecular complexity index is 468. The van der Waals surface area contributed by atoms with Gasteiger partial charge in [-0.3, -0.25) is 0 Å². The zero-order valence-corrected chi connectivity index (χ0v) is 8.52. The molecule has 0 aliphatic rings. The van der Waals surface area contributed by atoms with E-state index in [-0.39, 0.29) is 11.2 Å². The van der Waals surface area contributed by atoms with E-state index in [0.29, 0.717) is 5.65 Å². The predicted molar refractivity (Wildman–Crippen MR) is 53.4 cm³/mol. The average Bonchev–Trinajstić information content (AvgIpc) is 2.50. The van der Waals surface area contributed by atoms with Gasteiger partial charge in [-0.25, -0.2) is 9.50 Å². The molecule has 0 unspecified atom stereocenters. The minimum absolute atomic E-state index is 0.0735. The molecule has 0 saturated carbocycles. The summed E-state index contributed by atoms with van der Waals surface area (Å²) in [7, 11) is 0. The van der Waals surface area contributed by atoms with Crippen LogP contribution in [-0.4, -0.2) is 19.7 Å². The lowest BCUT2D eigenvalue weighted by Crippen LogP contribution is -2.15. The van der Waals surface area contributed by atoms with Gasteiger partial charge in [-0.1, -0.05) is 20.8 Å². The highest BCUT2D eigenvalue weighted by Crippen LogP contribution is 2.25. The summed E-state index contributed by atoms with van der Waals surface area (Å²) in [5.41, 5.74) is 1.27. The summed E-state index contributed by atoms with van der Waals surface area (Å²) in [6, 6.07) is 1.67. The third-order valence-electron chi connectivity index (χ3n) is 2.11. The monoisotopic (exact) mass is 191 g/mol. The Morgan fingerprint density at radius 3 is 2.71 bits per heavy atom. The molecule has 4 heteroatoms. The molecule has 0 atom stereocenters. The molecule has 4 nitrogen and oxygen atoms in total. The van der Waals surface area contributed by atoms with E-state index in [1.807, 2.05) is 0 Å². The van der Waals surface area contributed by atoms with Gasteiger partial charge in [0, 0.05) is 23.9 Å². The molecule has 0 fully saturated rings. The molecule has 0 spiro atoms. The van der Waals surface area contributed by atoms with Crippen molar-refractivity contribution in [2.45, 2.75) is 26.2 Å². The lowest BCUT2D eigenvalue weighted by Gasteiger charge is -2.17. The topological polar surface area (TPSA) is 50.4 Å². The number of nitrogens with zero attached hydrogens (tertiary/aromatic N) is 3. The van der Waals surface area contributed by atoms with Crippen LogP contribution in [0, 0.1) is 0 Å². The first kappa shape index (κ1) is 8.99. The maximum absolute atomic E-state index is 9.68. The molecule has 0 aromatic carbocycles. The van der Waals surface area contributed by atoms with Crippen molar-refractivity contribution < 1.29 is 5.11 Å². The standard InChI is InChI=1S/C10H13N3O/c1-10(2,3)8-6-7(14)9-11-4-5-13(9)12-8/h4-6,14H,1-3H3. The summed E-state index contributed by atoms with van der Waals surface area (Å²) in [5.74, 6) is 0.176. The molecule has 0 aliphatic carbocycles. The molecule has 0 aliphatic heterocycles. The Kier molecular flexibility index (Phi) is 1.74. The third-order valence-corrected chi connectivity index (χ3v) is 2.11. The van der Waals surface area contributed by atoms with Crippen molar-refractivity contribution in [1.29, 1.82) is 0 Å². The lowest BCUT2D eigenvalue weighted by molar-refractivity contribution is 0.466. The van der Waals surface area contributed by atoms with Crippen molar-refractivity contribution in [3.63, 3.8) is 0 Å². The molecule has 0 radical (unpaired) electrons. The van der Waals surface area contributed by atoms with Crippen LogP contribution >= 0.6 is 0 Å². The lowest BCUT2D eigenvalue weighted by atomic mass is 9.92. The summed E-state index contributed by atoms with van der Waals surface area (Å²) in [6.45, 7) is 6.16. The number of hydrogen-bond donors (Lipinski definition) is 1. The quantitative estimate of drug-likeness (QED) is 0.690.